The van der Waals surface area contributed by atoms with Gasteiger partial charge < -0.3 is 13.9 Å². The number of aromatic nitrogens is 4. The lowest BCUT2D eigenvalue weighted by atomic mass is 10.2. The van der Waals surface area contributed by atoms with Gasteiger partial charge in [0.2, 0.25) is 0 Å². The van der Waals surface area contributed by atoms with Crippen molar-refractivity contribution in [2.45, 2.75) is 19.9 Å². The van der Waals surface area contributed by atoms with Gasteiger partial charge >= 0.3 is 0 Å². The van der Waals surface area contributed by atoms with E-state index in [0.717, 1.165) is 17.9 Å². The molecule has 0 spiro atoms. The average molecular weight is 297 g/mol. The van der Waals surface area contributed by atoms with E-state index in [1.54, 1.807) is 12.4 Å². The summed E-state index contributed by atoms with van der Waals surface area (Å²) in [7, 11) is 1.94. The van der Waals surface area contributed by atoms with Crippen molar-refractivity contribution < 1.29 is 4.79 Å². The lowest BCUT2D eigenvalue weighted by Gasteiger charge is -2.22. The van der Waals surface area contributed by atoms with Gasteiger partial charge in [0.25, 0.3) is 5.91 Å². The van der Waals surface area contributed by atoms with E-state index in [9.17, 15) is 4.79 Å². The first kappa shape index (κ1) is 14.3. The standard InChI is InChI=1S/C16H19N5O/c1-3-8-21(12-15-18-6-9-19(15)2)16(22)13-4-5-14-17-7-10-20(14)11-13/h4-7,9-11H,3,8,12H2,1-2H3. The van der Waals surface area contributed by atoms with Crippen LogP contribution in [0, 0.1) is 0 Å². The summed E-state index contributed by atoms with van der Waals surface area (Å²) in [6.45, 7) is 3.28. The van der Waals surface area contributed by atoms with Crippen LogP contribution in [0.4, 0.5) is 0 Å². The van der Waals surface area contributed by atoms with Crippen LogP contribution in [-0.4, -0.2) is 36.3 Å². The zero-order chi connectivity index (χ0) is 15.5. The number of fused-ring (bicyclic) bond motifs is 1. The molecule has 6 heteroatoms. The van der Waals surface area contributed by atoms with Gasteiger partial charge in [0.15, 0.2) is 0 Å². The minimum Gasteiger partial charge on any atom is -0.337 e. The number of carbonyl (C=O) groups excluding carboxylic acids is 1. The zero-order valence-electron chi connectivity index (χ0n) is 12.8. The number of rotatable bonds is 5. The Morgan fingerprint density at radius 3 is 2.77 bits per heavy atom. The van der Waals surface area contributed by atoms with Gasteiger partial charge in [0.1, 0.15) is 11.5 Å². The third-order valence-corrected chi connectivity index (χ3v) is 3.67. The molecule has 0 aliphatic rings. The third kappa shape index (κ3) is 2.72. The molecule has 0 atom stereocenters. The van der Waals surface area contributed by atoms with Crippen LogP contribution in [-0.2, 0) is 13.6 Å². The molecule has 0 aliphatic heterocycles. The van der Waals surface area contributed by atoms with Gasteiger partial charge in [-0.3, -0.25) is 4.79 Å². The molecule has 3 aromatic rings. The minimum atomic E-state index is 0.0143. The van der Waals surface area contributed by atoms with Crippen molar-refractivity contribution in [1.29, 1.82) is 0 Å². The van der Waals surface area contributed by atoms with Crippen LogP contribution in [0.3, 0.4) is 0 Å². The van der Waals surface area contributed by atoms with Crippen LogP contribution in [0.2, 0.25) is 0 Å². The van der Waals surface area contributed by atoms with Gasteiger partial charge in [-0.1, -0.05) is 6.92 Å². The van der Waals surface area contributed by atoms with Gasteiger partial charge in [-0.15, -0.1) is 0 Å². The van der Waals surface area contributed by atoms with Crippen LogP contribution in [0.15, 0.2) is 43.1 Å². The number of carbonyl (C=O) groups is 1. The van der Waals surface area contributed by atoms with Crippen LogP contribution < -0.4 is 0 Å². The first-order valence-corrected chi connectivity index (χ1v) is 7.37. The van der Waals surface area contributed by atoms with E-state index >= 15 is 0 Å². The molecular formula is C16H19N5O. The molecule has 0 N–H and O–H groups in total. The number of imidazole rings is 2. The molecule has 114 valence electrons. The molecule has 0 aromatic carbocycles. The van der Waals surface area contributed by atoms with Crippen molar-refractivity contribution in [3.05, 3.63) is 54.5 Å². The number of nitrogens with zero attached hydrogens (tertiary/aromatic N) is 5. The molecule has 3 rings (SSSR count). The minimum absolute atomic E-state index is 0.0143. The van der Waals surface area contributed by atoms with Crippen LogP contribution in [0.1, 0.15) is 29.5 Å². The smallest absolute Gasteiger partial charge is 0.255 e. The highest BCUT2D eigenvalue weighted by Gasteiger charge is 2.17. The fraction of sp³-hybridized carbons (Fsp3) is 0.312. The molecule has 3 heterocycles. The topological polar surface area (TPSA) is 55.4 Å². The molecule has 0 radical (unpaired) electrons. The Labute approximate surface area is 129 Å². The summed E-state index contributed by atoms with van der Waals surface area (Å²) in [5.74, 6) is 0.894. The molecule has 0 unspecified atom stereocenters. The third-order valence-electron chi connectivity index (χ3n) is 3.67. The van der Waals surface area contributed by atoms with Crippen LogP contribution >= 0.6 is 0 Å². The summed E-state index contributed by atoms with van der Waals surface area (Å²) in [5, 5.41) is 0. The fourth-order valence-corrected chi connectivity index (χ4v) is 2.47. The number of hydrogen-bond donors (Lipinski definition) is 0. The average Bonchev–Trinajstić information content (AvgIpc) is 3.14. The predicted molar refractivity (Wildman–Crippen MR) is 83.4 cm³/mol. The maximum atomic E-state index is 12.8. The molecule has 0 fully saturated rings. The van der Waals surface area contributed by atoms with Crippen LogP contribution in [0.25, 0.3) is 5.65 Å². The van der Waals surface area contributed by atoms with Gasteiger partial charge in [-0.25, -0.2) is 9.97 Å². The maximum Gasteiger partial charge on any atom is 0.255 e. The van der Waals surface area contributed by atoms with E-state index in [1.807, 2.05) is 51.6 Å². The molecule has 0 aliphatic carbocycles. The summed E-state index contributed by atoms with van der Waals surface area (Å²) in [4.78, 5) is 23.1. The van der Waals surface area contributed by atoms with Crippen molar-refractivity contribution in [2.24, 2.45) is 7.05 Å². The second-order valence-electron chi connectivity index (χ2n) is 5.29. The van der Waals surface area contributed by atoms with Crippen molar-refractivity contribution >= 4 is 11.6 Å². The van der Waals surface area contributed by atoms with Crippen molar-refractivity contribution in [2.75, 3.05) is 6.54 Å². The maximum absolute atomic E-state index is 12.8. The Bertz CT molecular complexity index is 789. The largest absolute Gasteiger partial charge is 0.337 e. The Morgan fingerprint density at radius 2 is 2.05 bits per heavy atom. The quantitative estimate of drug-likeness (QED) is 0.725. The van der Waals surface area contributed by atoms with E-state index in [1.165, 1.54) is 0 Å². The van der Waals surface area contributed by atoms with Crippen molar-refractivity contribution in [1.82, 2.24) is 23.8 Å². The molecule has 0 saturated carbocycles. The van der Waals surface area contributed by atoms with E-state index in [2.05, 4.69) is 16.9 Å². The Kier molecular flexibility index (Phi) is 3.91. The summed E-state index contributed by atoms with van der Waals surface area (Å²) < 4.78 is 3.80. The SMILES string of the molecule is CCCN(Cc1nccn1C)C(=O)c1ccc2nccn2c1. The van der Waals surface area contributed by atoms with Gasteiger partial charge in [-0.05, 0) is 18.6 Å². The lowest BCUT2D eigenvalue weighted by molar-refractivity contribution is 0.0737. The molecule has 1 amide bonds. The summed E-state index contributed by atoms with van der Waals surface area (Å²) in [6.07, 6.45) is 9.94. The van der Waals surface area contributed by atoms with E-state index < -0.39 is 0 Å². The number of pyridine rings is 1. The lowest BCUT2D eigenvalue weighted by Crippen LogP contribution is -2.32. The van der Waals surface area contributed by atoms with Gasteiger partial charge in [0.05, 0.1) is 12.1 Å². The van der Waals surface area contributed by atoms with Crippen molar-refractivity contribution in [3.8, 4) is 0 Å². The Balaban J connectivity index is 1.86. The highest BCUT2D eigenvalue weighted by Crippen LogP contribution is 2.11. The van der Waals surface area contributed by atoms with E-state index in [-0.39, 0.29) is 5.91 Å². The molecule has 0 saturated heterocycles. The second kappa shape index (κ2) is 6.01. The molecular weight excluding hydrogens is 278 g/mol. The number of hydrogen-bond acceptors (Lipinski definition) is 3. The first-order chi connectivity index (χ1) is 10.7. The molecule has 3 aromatic heterocycles. The van der Waals surface area contributed by atoms with Gasteiger partial charge in [0, 0.05) is 44.6 Å². The van der Waals surface area contributed by atoms with Crippen LogP contribution in [0.5, 0.6) is 0 Å². The van der Waals surface area contributed by atoms with Gasteiger partial charge in [-0.2, -0.15) is 0 Å². The normalized spacial score (nSPS) is 11.0. The molecule has 6 nitrogen and oxygen atoms in total. The zero-order valence-corrected chi connectivity index (χ0v) is 12.8. The fourth-order valence-electron chi connectivity index (χ4n) is 2.47. The second-order valence-corrected chi connectivity index (χ2v) is 5.29. The highest BCUT2D eigenvalue weighted by molar-refractivity contribution is 5.94. The first-order valence-electron chi connectivity index (χ1n) is 7.37. The predicted octanol–water partition coefficient (Wildman–Crippen LogP) is 2.12. The number of amides is 1. The van der Waals surface area contributed by atoms with E-state index in [4.69, 9.17) is 0 Å². The Hall–Kier alpha value is -2.63. The molecule has 22 heavy (non-hydrogen) atoms. The Morgan fingerprint density at radius 1 is 1.23 bits per heavy atom. The summed E-state index contributed by atoms with van der Waals surface area (Å²) in [5.41, 5.74) is 1.50. The highest BCUT2D eigenvalue weighted by atomic mass is 16.2. The summed E-state index contributed by atoms with van der Waals surface area (Å²) in [6, 6.07) is 3.68. The number of aryl methyl sites for hydroxylation is 1. The molecule has 0 bridgehead atoms. The van der Waals surface area contributed by atoms with E-state index in [0.29, 0.717) is 18.7 Å². The van der Waals surface area contributed by atoms with Crippen molar-refractivity contribution in [3.63, 3.8) is 0 Å². The monoisotopic (exact) mass is 297 g/mol. The summed E-state index contributed by atoms with van der Waals surface area (Å²) >= 11 is 0.